The SMILES string of the molecule is O=[N+]([O-])c1ccc(N=C/C=C/c2ccccc2)c([N+](=O)[O-])c1. The third-order valence-electron chi connectivity index (χ3n) is 2.75. The molecule has 7 nitrogen and oxygen atoms in total. The van der Waals surface area contributed by atoms with Crippen molar-refractivity contribution < 1.29 is 9.85 Å². The van der Waals surface area contributed by atoms with E-state index in [1.807, 2.05) is 30.3 Å². The fraction of sp³-hybridized carbons (Fsp3) is 0. The van der Waals surface area contributed by atoms with Crippen LogP contribution in [0.25, 0.3) is 6.08 Å². The summed E-state index contributed by atoms with van der Waals surface area (Å²) in [4.78, 5) is 24.2. The van der Waals surface area contributed by atoms with E-state index in [2.05, 4.69) is 4.99 Å². The van der Waals surface area contributed by atoms with Crippen LogP contribution >= 0.6 is 0 Å². The van der Waals surface area contributed by atoms with Crippen molar-refractivity contribution in [2.75, 3.05) is 0 Å². The number of allylic oxidation sites excluding steroid dienone is 1. The number of non-ortho nitro benzene ring substituents is 1. The zero-order chi connectivity index (χ0) is 15.9. The van der Waals surface area contributed by atoms with Crippen LogP contribution in [0.5, 0.6) is 0 Å². The Morgan fingerprint density at radius 3 is 2.32 bits per heavy atom. The van der Waals surface area contributed by atoms with E-state index < -0.39 is 15.5 Å². The molecule has 0 N–H and O–H groups in total. The number of benzene rings is 2. The van der Waals surface area contributed by atoms with E-state index in [1.165, 1.54) is 18.3 Å². The Morgan fingerprint density at radius 1 is 0.955 bits per heavy atom. The van der Waals surface area contributed by atoms with E-state index in [1.54, 1.807) is 12.2 Å². The molecule has 0 aliphatic rings. The molecule has 2 rings (SSSR count). The molecule has 2 aromatic rings. The van der Waals surface area contributed by atoms with Crippen molar-refractivity contribution in [3.63, 3.8) is 0 Å². The molecule has 0 unspecified atom stereocenters. The second kappa shape index (κ2) is 6.89. The second-order valence-corrected chi connectivity index (χ2v) is 4.24. The Hall–Kier alpha value is -3.35. The molecule has 0 saturated heterocycles. The van der Waals surface area contributed by atoms with Crippen LogP contribution in [0.2, 0.25) is 0 Å². The zero-order valence-corrected chi connectivity index (χ0v) is 11.3. The zero-order valence-electron chi connectivity index (χ0n) is 11.3. The van der Waals surface area contributed by atoms with E-state index in [0.29, 0.717) is 0 Å². The molecule has 22 heavy (non-hydrogen) atoms. The molecule has 0 atom stereocenters. The lowest BCUT2D eigenvalue weighted by molar-refractivity contribution is -0.393. The molecule has 0 aromatic heterocycles. The van der Waals surface area contributed by atoms with Gasteiger partial charge in [-0.05, 0) is 17.7 Å². The van der Waals surface area contributed by atoms with Crippen molar-refractivity contribution >= 4 is 29.4 Å². The van der Waals surface area contributed by atoms with Gasteiger partial charge in [-0.25, -0.2) is 4.99 Å². The Kier molecular flexibility index (Phi) is 4.71. The van der Waals surface area contributed by atoms with E-state index in [9.17, 15) is 20.2 Å². The predicted molar refractivity (Wildman–Crippen MR) is 83.4 cm³/mol. The third kappa shape index (κ3) is 3.83. The summed E-state index contributed by atoms with van der Waals surface area (Å²) in [6.45, 7) is 0. The predicted octanol–water partition coefficient (Wildman–Crippen LogP) is 3.92. The van der Waals surface area contributed by atoms with Crippen LogP contribution in [0.15, 0.2) is 59.6 Å². The second-order valence-electron chi connectivity index (χ2n) is 4.24. The molecule has 0 fully saturated rings. The Labute approximate surface area is 125 Å². The van der Waals surface area contributed by atoms with Gasteiger partial charge in [-0.15, -0.1) is 0 Å². The van der Waals surface area contributed by atoms with Crippen molar-refractivity contribution in [2.45, 2.75) is 0 Å². The van der Waals surface area contributed by atoms with E-state index in [-0.39, 0.29) is 11.4 Å². The normalized spacial score (nSPS) is 11.1. The summed E-state index contributed by atoms with van der Waals surface area (Å²) in [5, 5.41) is 21.6. The third-order valence-corrected chi connectivity index (χ3v) is 2.75. The number of nitro groups is 2. The lowest BCUT2D eigenvalue weighted by Gasteiger charge is -1.97. The first-order valence-corrected chi connectivity index (χ1v) is 6.26. The molecule has 7 heteroatoms. The van der Waals surface area contributed by atoms with Gasteiger partial charge in [0.25, 0.3) is 5.69 Å². The monoisotopic (exact) mass is 297 g/mol. The summed E-state index contributed by atoms with van der Waals surface area (Å²) >= 11 is 0. The van der Waals surface area contributed by atoms with Crippen LogP contribution in [0.3, 0.4) is 0 Å². The molecule has 0 aliphatic heterocycles. The Balaban J connectivity index is 2.22. The highest BCUT2D eigenvalue weighted by Gasteiger charge is 2.18. The van der Waals surface area contributed by atoms with Crippen LogP contribution in [-0.4, -0.2) is 16.1 Å². The fourth-order valence-corrected chi connectivity index (χ4v) is 1.72. The first kappa shape index (κ1) is 15.0. The lowest BCUT2D eigenvalue weighted by Crippen LogP contribution is -1.92. The van der Waals surface area contributed by atoms with E-state index in [0.717, 1.165) is 11.6 Å². The lowest BCUT2D eigenvalue weighted by atomic mass is 10.2. The first-order chi connectivity index (χ1) is 10.6. The maximum absolute atomic E-state index is 10.9. The highest BCUT2D eigenvalue weighted by atomic mass is 16.6. The van der Waals surface area contributed by atoms with Gasteiger partial charge < -0.3 is 0 Å². The van der Waals surface area contributed by atoms with Crippen LogP contribution in [0.4, 0.5) is 17.1 Å². The first-order valence-electron chi connectivity index (χ1n) is 6.26. The molecule has 0 heterocycles. The number of nitro benzene ring substituents is 2. The van der Waals surface area contributed by atoms with Gasteiger partial charge in [0.2, 0.25) is 0 Å². The smallest absolute Gasteiger partial charge is 0.258 e. The minimum atomic E-state index is -0.694. The van der Waals surface area contributed by atoms with Gasteiger partial charge in [-0.2, -0.15) is 0 Å². The minimum Gasteiger partial charge on any atom is -0.258 e. The van der Waals surface area contributed by atoms with Crippen molar-refractivity contribution in [3.05, 3.63) is 80.4 Å². The van der Waals surface area contributed by atoms with Crippen molar-refractivity contribution in [2.24, 2.45) is 4.99 Å². The fourth-order valence-electron chi connectivity index (χ4n) is 1.72. The van der Waals surface area contributed by atoms with Gasteiger partial charge in [-0.1, -0.05) is 36.4 Å². The average molecular weight is 297 g/mol. The van der Waals surface area contributed by atoms with Gasteiger partial charge in [0.05, 0.1) is 15.9 Å². The highest BCUT2D eigenvalue weighted by Crippen LogP contribution is 2.30. The van der Waals surface area contributed by atoms with Gasteiger partial charge in [0, 0.05) is 12.3 Å². The van der Waals surface area contributed by atoms with Crippen LogP contribution in [-0.2, 0) is 0 Å². The molecule has 110 valence electrons. The van der Waals surface area contributed by atoms with Gasteiger partial charge >= 0.3 is 5.69 Å². The molecule has 0 radical (unpaired) electrons. The number of aliphatic imine (C=N–C) groups is 1. The van der Waals surface area contributed by atoms with E-state index in [4.69, 9.17) is 0 Å². The average Bonchev–Trinajstić information content (AvgIpc) is 2.52. The van der Waals surface area contributed by atoms with Crippen LogP contribution in [0.1, 0.15) is 5.56 Å². The maximum atomic E-state index is 10.9. The maximum Gasteiger partial charge on any atom is 0.301 e. The summed E-state index contributed by atoms with van der Waals surface area (Å²) in [6.07, 6.45) is 4.84. The summed E-state index contributed by atoms with van der Waals surface area (Å²) < 4.78 is 0. The van der Waals surface area contributed by atoms with Gasteiger partial charge in [0.15, 0.2) is 0 Å². The van der Waals surface area contributed by atoms with E-state index >= 15 is 0 Å². The number of nitrogens with zero attached hydrogens (tertiary/aromatic N) is 3. The quantitative estimate of drug-likeness (QED) is 0.474. The molecule has 2 aromatic carbocycles. The molecule has 0 amide bonds. The molecule has 0 spiro atoms. The standard InChI is InChI=1S/C15H11N3O4/c19-17(20)13-8-9-14(15(11-13)18(21)22)16-10-4-7-12-5-2-1-3-6-12/h1-11H/b7-4+,16-10?. The number of rotatable bonds is 5. The number of hydrogen-bond donors (Lipinski definition) is 0. The largest absolute Gasteiger partial charge is 0.301 e. The van der Waals surface area contributed by atoms with Crippen molar-refractivity contribution in [1.82, 2.24) is 0 Å². The minimum absolute atomic E-state index is 0.0633. The summed E-state index contributed by atoms with van der Waals surface area (Å²) in [5.41, 5.74) is 0.282. The van der Waals surface area contributed by atoms with Gasteiger partial charge in [0.1, 0.15) is 5.69 Å². The van der Waals surface area contributed by atoms with Crippen molar-refractivity contribution in [1.29, 1.82) is 0 Å². The summed E-state index contributed by atoms with van der Waals surface area (Å²) in [7, 11) is 0. The summed E-state index contributed by atoms with van der Waals surface area (Å²) in [6, 6.07) is 12.8. The van der Waals surface area contributed by atoms with Crippen LogP contribution < -0.4 is 0 Å². The molecular formula is C15H11N3O4. The molecule has 0 saturated carbocycles. The Bertz CT molecular complexity index is 755. The van der Waals surface area contributed by atoms with Crippen LogP contribution in [0, 0.1) is 20.2 Å². The summed E-state index contributed by atoms with van der Waals surface area (Å²) in [5.74, 6) is 0. The molecule has 0 aliphatic carbocycles. The van der Waals surface area contributed by atoms with Gasteiger partial charge in [-0.3, -0.25) is 20.2 Å². The molecule has 0 bridgehead atoms. The molecular weight excluding hydrogens is 286 g/mol. The number of hydrogen-bond acceptors (Lipinski definition) is 5. The Morgan fingerprint density at radius 2 is 1.68 bits per heavy atom. The van der Waals surface area contributed by atoms with Crippen molar-refractivity contribution in [3.8, 4) is 0 Å². The topological polar surface area (TPSA) is 98.6 Å². The highest BCUT2D eigenvalue weighted by molar-refractivity contribution is 5.82.